The second-order valence-electron chi connectivity index (χ2n) is 9.24. The van der Waals surface area contributed by atoms with Crippen molar-refractivity contribution in [1.82, 2.24) is 14.7 Å². The van der Waals surface area contributed by atoms with Crippen molar-refractivity contribution in [2.75, 3.05) is 58.1 Å². The van der Waals surface area contributed by atoms with E-state index >= 15 is 0 Å². The van der Waals surface area contributed by atoms with Crippen molar-refractivity contribution in [3.63, 3.8) is 0 Å². The Kier molecular flexibility index (Phi) is 9.17. The standard InChI is InChI=1S/C27H30Cl2N4O4S/c1-31(2)13-14-32-15-17-33(18-16-32)27(34)20-7-10-22(11-8-20)38(35,36)30-25-5-3-4-6-26(25)37-21-9-12-23(28)24(29)19-21/h3-12,19,30H,13-18H2,1-2H3. The first-order chi connectivity index (χ1) is 18.1. The summed E-state index contributed by atoms with van der Waals surface area (Å²) in [5.41, 5.74) is 0.708. The van der Waals surface area contributed by atoms with E-state index in [1.54, 1.807) is 54.6 Å². The topological polar surface area (TPSA) is 82.2 Å². The van der Waals surface area contributed by atoms with Gasteiger partial charge in [-0.25, -0.2) is 8.42 Å². The Morgan fingerprint density at radius 1 is 0.947 bits per heavy atom. The average molecular weight is 578 g/mol. The number of nitrogens with one attached hydrogen (secondary N) is 1. The van der Waals surface area contributed by atoms with Crippen molar-refractivity contribution in [2.24, 2.45) is 0 Å². The van der Waals surface area contributed by atoms with Crippen LogP contribution >= 0.6 is 23.2 Å². The minimum Gasteiger partial charge on any atom is -0.455 e. The molecule has 38 heavy (non-hydrogen) atoms. The van der Waals surface area contributed by atoms with Gasteiger partial charge in [-0.05, 0) is 62.6 Å². The summed E-state index contributed by atoms with van der Waals surface area (Å²) in [6.45, 7) is 4.87. The molecular formula is C27H30Cl2N4O4S. The molecule has 1 aliphatic heterocycles. The third-order valence-electron chi connectivity index (χ3n) is 6.18. The van der Waals surface area contributed by atoms with Crippen molar-refractivity contribution in [1.29, 1.82) is 0 Å². The quantitative estimate of drug-likeness (QED) is 0.390. The molecule has 11 heteroatoms. The van der Waals surface area contributed by atoms with Crippen LogP contribution in [-0.2, 0) is 10.0 Å². The summed E-state index contributed by atoms with van der Waals surface area (Å²) >= 11 is 12.0. The highest BCUT2D eigenvalue weighted by molar-refractivity contribution is 7.92. The van der Waals surface area contributed by atoms with Crippen LogP contribution in [0.2, 0.25) is 10.0 Å². The van der Waals surface area contributed by atoms with Gasteiger partial charge in [-0.1, -0.05) is 35.3 Å². The Bertz CT molecular complexity index is 1380. The zero-order valence-corrected chi connectivity index (χ0v) is 23.6. The summed E-state index contributed by atoms with van der Waals surface area (Å²) in [5, 5.41) is 0.709. The van der Waals surface area contributed by atoms with Crippen molar-refractivity contribution >= 4 is 44.8 Å². The summed E-state index contributed by atoms with van der Waals surface area (Å²) in [6, 6.07) is 17.4. The number of nitrogens with zero attached hydrogens (tertiary/aromatic N) is 3. The van der Waals surface area contributed by atoms with Gasteiger partial charge in [0, 0.05) is 50.9 Å². The Labute approximate surface area is 233 Å². The Balaban J connectivity index is 1.41. The van der Waals surface area contributed by atoms with Gasteiger partial charge >= 0.3 is 0 Å². The fourth-order valence-corrected chi connectivity index (χ4v) is 5.34. The van der Waals surface area contributed by atoms with Crippen molar-refractivity contribution in [2.45, 2.75) is 4.90 Å². The molecule has 1 fully saturated rings. The van der Waals surface area contributed by atoms with Crippen LogP contribution in [-0.4, -0.2) is 82.4 Å². The molecule has 0 bridgehead atoms. The maximum Gasteiger partial charge on any atom is 0.262 e. The monoisotopic (exact) mass is 576 g/mol. The summed E-state index contributed by atoms with van der Waals surface area (Å²) in [4.78, 5) is 19.3. The Morgan fingerprint density at radius 2 is 1.63 bits per heavy atom. The number of piperazine rings is 1. The number of likely N-dealkylation sites (N-methyl/N-ethyl adjacent to an activating group) is 1. The first kappa shape index (κ1) is 28.2. The normalized spacial score (nSPS) is 14.5. The van der Waals surface area contributed by atoms with E-state index in [0.717, 1.165) is 26.2 Å². The molecule has 202 valence electrons. The summed E-state index contributed by atoms with van der Waals surface area (Å²) in [5.74, 6) is 0.605. The van der Waals surface area contributed by atoms with Crippen molar-refractivity contribution in [3.8, 4) is 11.5 Å². The molecule has 0 aromatic heterocycles. The number of para-hydroxylation sites is 2. The molecule has 0 unspecified atom stereocenters. The van der Waals surface area contributed by atoms with Crippen LogP contribution in [0.5, 0.6) is 11.5 Å². The van der Waals surface area contributed by atoms with Crippen LogP contribution in [0.25, 0.3) is 0 Å². The van der Waals surface area contributed by atoms with Crippen LogP contribution in [0, 0.1) is 0 Å². The van der Waals surface area contributed by atoms with Crippen LogP contribution in [0.3, 0.4) is 0 Å². The number of carbonyl (C=O) groups is 1. The zero-order valence-electron chi connectivity index (χ0n) is 21.2. The molecule has 1 heterocycles. The van der Waals surface area contributed by atoms with E-state index in [-0.39, 0.29) is 16.5 Å². The molecule has 0 aliphatic carbocycles. The molecule has 0 radical (unpaired) electrons. The highest BCUT2D eigenvalue weighted by atomic mass is 35.5. The lowest BCUT2D eigenvalue weighted by Crippen LogP contribution is -2.49. The number of benzene rings is 3. The summed E-state index contributed by atoms with van der Waals surface area (Å²) in [7, 11) is 0.146. The number of amides is 1. The van der Waals surface area contributed by atoms with E-state index < -0.39 is 10.0 Å². The average Bonchev–Trinajstić information content (AvgIpc) is 2.90. The second-order valence-corrected chi connectivity index (χ2v) is 11.7. The molecule has 4 rings (SSSR count). The van der Waals surface area contributed by atoms with Crippen LogP contribution in [0.4, 0.5) is 5.69 Å². The molecule has 0 atom stereocenters. The smallest absolute Gasteiger partial charge is 0.262 e. The fourth-order valence-electron chi connectivity index (χ4n) is 3.99. The first-order valence-corrected chi connectivity index (χ1v) is 14.4. The lowest BCUT2D eigenvalue weighted by atomic mass is 10.2. The number of hydrogen-bond donors (Lipinski definition) is 1. The first-order valence-electron chi connectivity index (χ1n) is 12.1. The van der Waals surface area contributed by atoms with Gasteiger partial charge in [0.15, 0.2) is 5.75 Å². The van der Waals surface area contributed by atoms with Crippen LogP contribution < -0.4 is 9.46 Å². The molecule has 0 saturated carbocycles. The molecule has 3 aromatic rings. The van der Waals surface area contributed by atoms with E-state index in [0.29, 0.717) is 40.2 Å². The number of rotatable bonds is 9. The van der Waals surface area contributed by atoms with E-state index in [4.69, 9.17) is 27.9 Å². The molecule has 1 saturated heterocycles. The van der Waals surface area contributed by atoms with Crippen LogP contribution in [0.1, 0.15) is 10.4 Å². The number of ether oxygens (including phenoxy) is 1. The van der Waals surface area contributed by atoms with Crippen molar-refractivity contribution < 1.29 is 17.9 Å². The molecule has 3 aromatic carbocycles. The molecular weight excluding hydrogens is 547 g/mol. The lowest BCUT2D eigenvalue weighted by molar-refractivity contribution is 0.0629. The molecule has 8 nitrogen and oxygen atoms in total. The maximum absolute atomic E-state index is 13.1. The number of anilines is 1. The third-order valence-corrected chi connectivity index (χ3v) is 8.31. The molecule has 1 N–H and O–H groups in total. The number of halogens is 2. The van der Waals surface area contributed by atoms with E-state index in [2.05, 4.69) is 14.5 Å². The van der Waals surface area contributed by atoms with E-state index in [9.17, 15) is 13.2 Å². The number of carbonyl (C=O) groups excluding carboxylic acids is 1. The predicted molar refractivity (Wildman–Crippen MR) is 151 cm³/mol. The predicted octanol–water partition coefficient (Wildman–Crippen LogP) is 4.91. The van der Waals surface area contributed by atoms with Crippen LogP contribution in [0.15, 0.2) is 71.6 Å². The van der Waals surface area contributed by atoms with Gasteiger partial charge in [0.2, 0.25) is 0 Å². The van der Waals surface area contributed by atoms with Gasteiger partial charge in [0.1, 0.15) is 5.75 Å². The largest absolute Gasteiger partial charge is 0.455 e. The number of hydrogen-bond acceptors (Lipinski definition) is 6. The summed E-state index contributed by atoms with van der Waals surface area (Å²) < 4.78 is 34.7. The third kappa shape index (κ3) is 7.18. The maximum atomic E-state index is 13.1. The van der Waals surface area contributed by atoms with Gasteiger partial charge in [-0.2, -0.15) is 0 Å². The number of sulfonamides is 1. The second kappa shape index (κ2) is 12.4. The highest BCUT2D eigenvalue weighted by Gasteiger charge is 2.23. The fraction of sp³-hybridized carbons (Fsp3) is 0.296. The lowest BCUT2D eigenvalue weighted by Gasteiger charge is -2.35. The summed E-state index contributed by atoms with van der Waals surface area (Å²) in [6.07, 6.45) is 0. The molecule has 1 amide bonds. The van der Waals surface area contributed by atoms with Gasteiger partial charge in [-0.15, -0.1) is 0 Å². The molecule has 0 spiro atoms. The van der Waals surface area contributed by atoms with E-state index in [1.807, 2.05) is 19.0 Å². The van der Waals surface area contributed by atoms with Gasteiger partial charge in [-0.3, -0.25) is 14.4 Å². The minimum absolute atomic E-state index is 0.0342. The highest BCUT2D eigenvalue weighted by Crippen LogP contribution is 2.34. The van der Waals surface area contributed by atoms with E-state index in [1.165, 1.54) is 12.1 Å². The Morgan fingerprint density at radius 3 is 2.29 bits per heavy atom. The minimum atomic E-state index is -3.94. The zero-order chi connectivity index (χ0) is 27.3. The molecule has 1 aliphatic rings. The van der Waals surface area contributed by atoms with Gasteiger partial charge in [0.05, 0.1) is 20.6 Å². The van der Waals surface area contributed by atoms with Gasteiger partial charge in [0.25, 0.3) is 15.9 Å². The van der Waals surface area contributed by atoms with Gasteiger partial charge < -0.3 is 14.5 Å². The Hall–Kier alpha value is -2.82. The SMILES string of the molecule is CN(C)CCN1CCN(C(=O)c2ccc(S(=O)(=O)Nc3ccccc3Oc3ccc(Cl)c(Cl)c3)cc2)CC1. The van der Waals surface area contributed by atoms with Crippen molar-refractivity contribution in [3.05, 3.63) is 82.3 Å².